The fraction of sp³-hybridized carbons (Fsp3) is 0.333. The van der Waals surface area contributed by atoms with Crippen molar-refractivity contribution in [2.75, 3.05) is 6.54 Å². The van der Waals surface area contributed by atoms with Crippen LogP contribution in [0.15, 0.2) is 33.4 Å². The minimum absolute atomic E-state index is 0.936. The Morgan fingerprint density at radius 3 is 2.72 bits per heavy atom. The van der Waals surface area contributed by atoms with Crippen molar-refractivity contribution in [1.29, 1.82) is 0 Å². The van der Waals surface area contributed by atoms with Crippen LogP contribution in [0.25, 0.3) is 11.1 Å². The van der Waals surface area contributed by atoms with Gasteiger partial charge in [0, 0.05) is 22.0 Å². The normalized spacial score (nSPS) is 10.8. The molecule has 0 saturated heterocycles. The van der Waals surface area contributed by atoms with Gasteiger partial charge in [0.25, 0.3) is 0 Å². The third-order valence-electron chi connectivity index (χ3n) is 2.91. The number of benzene rings is 1. The van der Waals surface area contributed by atoms with E-state index in [0.717, 1.165) is 13.1 Å². The Morgan fingerprint density at radius 1 is 1.22 bits per heavy atom. The third-order valence-corrected chi connectivity index (χ3v) is 4.62. The Kier molecular flexibility index (Phi) is 4.98. The van der Waals surface area contributed by atoms with Crippen molar-refractivity contribution in [2.45, 2.75) is 26.8 Å². The number of hydrogen-bond donors (Lipinski definition) is 1. The number of nitrogens with one attached hydrogen (secondary N) is 1. The minimum Gasteiger partial charge on any atom is -0.313 e. The van der Waals surface area contributed by atoms with Gasteiger partial charge in [-0.1, -0.05) is 30.7 Å². The van der Waals surface area contributed by atoms with E-state index in [-0.39, 0.29) is 0 Å². The van der Waals surface area contributed by atoms with Crippen LogP contribution in [0.5, 0.6) is 0 Å². The highest BCUT2D eigenvalue weighted by atomic mass is 79.9. The van der Waals surface area contributed by atoms with Crippen molar-refractivity contribution < 1.29 is 0 Å². The van der Waals surface area contributed by atoms with Crippen molar-refractivity contribution in [3.8, 4) is 11.1 Å². The highest BCUT2D eigenvalue weighted by Crippen LogP contribution is 2.34. The summed E-state index contributed by atoms with van der Waals surface area (Å²) >= 11 is 5.37. The lowest BCUT2D eigenvalue weighted by Crippen LogP contribution is -2.14. The van der Waals surface area contributed by atoms with Crippen LogP contribution in [0, 0.1) is 6.92 Å². The van der Waals surface area contributed by atoms with E-state index in [1.165, 1.54) is 33.1 Å². The van der Waals surface area contributed by atoms with E-state index in [0.29, 0.717) is 0 Å². The summed E-state index contributed by atoms with van der Waals surface area (Å²) in [5.41, 5.74) is 5.32. The van der Waals surface area contributed by atoms with E-state index >= 15 is 0 Å². The molecular formula is C15H18BrNS. The smallest absolute Gasteiger partial charge is 0.0360 e. The Hall–Kier alpha value is -0.640. The lowest BCUT2D eigenvalue weighted by Gasteiger charge is -2.11. The molecule has 3 heteroatoms. The maximum Gasteiger partial charge on any atom is 0.0360 e. The van der Waals surface area contributed by atoms with Crippen LogP contribution >= 0.6 is 27.3 Å². The number of hydrogen-bond acceptors (Lipinski definition) is 2. The molecule has 1 aromatic carbocycles. The zero-order valence-corrected chi connectivity index (χ0v) is 13.2. The maximum atomic E-state index is 3.63. The molecule has 1 aromatic heterocycles. The quantitative estimate of drug-likeness (QED) is 0.764. The van der Waals surface area contributed by atoms with Gasteiger partial charge in [0.1, 0.15) is 0 Å². The molecule has 0 atom stereocenters. The van der Waals surface area contributed by atoms with Crippen molar-refractivity contribution >= 4 is 27.3 Å². The molecule has 0 radical (unpaired) electrons. The predicted molar refractivity (Wildman–Crippen MR) is 84.2 cm³/mol. The zero-order chi connectivity index (χ0) is 13.0. The molecule has 1 nitrogen and oxygen atoms in total. The lowest BCUT2D eigenvalue weighted by atomic mass is 9.99. The molecule has 1 heterocycles. The highest BCUT2D eigenvalue weighted by molar-refractivity contribution is 9.10. The van der Waals surface area contributed by atoms with E-state index in [1.54, 1.807) is 11.3 Å². The highest BCUT2D eigenvalue weighted by Gasteiger charge is 2.09. The molecule has 0 spiro atoms. The molecule has 0 aliphatic heterocycles. The van der Waals surface area contributed by atoms with Gasteiger partial charge in [0.05, 0.1) is 0 Å². The molecule has 1 N–H and O–H groups in total. The first-order valence-corrected chi connectivity index (χ1v) is 7.98. The van der Waals surface area contributed by atoms with E-state index in [9.17, 15) is 0 Å². The average molecular weight is 324 g/mol. The Balaban J connectivity index is 2.32. The van der Waals surface area contributed by atoms with Crippen LogP contribution < -0.4 is 5.32 Å². The van der Waals surface area contributed by atoms with Crippen molar-refractivity contribution in [2.24, 2.45) is 0 Å². The molecule has 0 aliphatic rings. The van der Waals surface area contributed by atoms with Gasteiger partial charge < -0.3 is 5.32 Å². The second-order valence-corrected chi connectivity index (χ2v) is 6.07. The molecule has 0 amide bonds. The number of rotatable bonds is 5. The molecule has 0 fully saturated rings. The first kappa shape index (κ1) is 13.8. The van der Waals surface area contributed by atoms with Crippen LogP contribution in [0.4, 0.5) is 0 Å². The van der Waals surface area contributed by atoms with Gasteiger partial charge in [0.2, 0.25) is 0 Å². The molecule has 18 heavy (non-hydrogen) atoms. The Labute approximate surface area is 121 Å². The fourth-order valence-corrected chi connectivity index (χ4v) is 3.48. The van der Waals surface area contributed by atoms with Gasteiger partial charge in [-0.25, -0.2) is 0 Å². The summed E-state index contributed by atoms with van der Waals surface area (Å²) in [6.45, 7) is 6.34. The molecule has 2 aromatic rings. The number of thiophene rings is 1. The molecule has 2 rings (SSSR count). The predicted octanol–water partition coefficient (Wildman–Crippen LogP) is 4.99. The van der Waals surface area contributed by atoms with Gasteiger partial charge in [-0.3, -0.25) is 0 Å². The summed E-state index contributed by atoms with van der Waals surface area (Å²) in [6, 6.07) is 6.69. The van der Waals surface area contributed by atoms with E-state index in [4.69, 9.17) is 0 Å². The van der Waals surface area contributed by atoms with E-state index < -0.39 is 0 Å². The summed E-state index contributed by atoms with van der Waals surface area (Å²) in [4.78, 5) is 0. The monoisotopic (exact) mass is 323 g/mol. The second kappa shape index (κ2) is 6.50. The third kappa shape index (κ3) is 3.22. The van der Waals surface area contributed by atoms with Gasteiger partial charge in [-0.2, -0.15) is 11.3 Å². The van der Waals surface area contributed by atoms with Crippen molar-refractivity contribution in [3.05, 3.63) is 44.6 Å². The maximum absolute atomic E-state index is 3.63. The first-order valence-electron chi connectivity index (χ1n) is 6.24. The molecule has 0 aliphatic carbocycles. The van der Waals surface area contributed by atoms with Crippen LogP contribution in [-0.4, -0.2) is 6.54 Å². The molecule has 0 bridgehead atoms. The lowest BCUT2D eigenvalue weighted by molar-refractivity contribution is 0.676. The van der Waals surface area contributed by atoms with E-state index in [1.807, 2.05) is 0 Å². The summed E-state index contributed by atoms with van der Waals surface area (Å²) < 4.78 is 1.19. The topological polar surface area (TPSA) is 12.0 Å². The Morgan fingerprint density at radius 2 is 2.06 bits per heavy atom. The molecule has 0 unspecified atom stereocenters. The van der Waals surface area contributed by atoms with Crippen LogP contribution in [0.2, 0.25) is 0 Å². The summed E-state index contributed by atoms with van der Waals surface area (Å²) in [5.74, 6) is 0. The van der Waals surface area contributed by atoms with Gasteiger partial charge in [-0.05, 0) is 52.3 Å². The largest absolute Gasteiger partial charge is 0.313 e. The number of aryl methyl sites for hydroxylation is 1. The second-order valence-electron chi connectivity index (χ2n) is 4.47. The van der Waals surface area contributed by atoms with Gasteiger partial charge in [0.15, 0.2) is 0 Å². The SMILES string of the molecule is CCCNCc1ccc(C)cc1-c1cscc1Br. The minimum atomic E-state index is 0.936. The summed E-state index contributed by atoms with van der Waals surface area (Å²) in [7, 11) is 0. The van der Waals surface area contributed by atoms with Crippen LogP contribution in [0.1, 0.15) is 24.5 Å². The van der Waals surface area contributed by atoms with Crippen LogP contribution in [0.3, 0.4) is 0 Å². The van der Waals surface area contributed by atoms with E-state index in [2.05, 4.69) is 64.1 Å². The average Bonchev–Trinajstić information content (AvgIpc) is 2.77. The van der Waals surface area contributed by atoms with Gasteiger partial charge in [-0.15, -0.1) is 0 Å². The summed E-state index contributed by atoms with van der Waals surface area (Å²) in [6.07, 6.45) is 1.17. The molecule has 0 saturated carbocycles. The van der Waals surface area contributed by atoms with Crippen LogP contribution in [-0.2, 0) is 6.54 Å². The fourth-order valence-electron chi connectivity index (χ4n) is 1.97. The number of halogens is 1. The standard InChI is InChI=1S/C15H18BrNS/c1-3-6-17-8-12-5-4-11(2)7-13(12)14-9-18-10-15(14)16/h4-5,7,9-10,17H,3,6,8H2,1-2H3. The summed E-state index contributed by atoms with van der Waals surface area (Å²) in [5, 5.41) is 7.83. The van der Waals surface area contributed by atoms with Gasteiger partial charge >= 0.3 is 0 Å². The molecule has 96 valence electrons. The zero-order valence-electron chi connectivity index (χ0n) is 10.8. The molecular weight excluding hydrogens is 306 g/mol. The van der Waals surface area contributed by atoms with Crippen molar-refractivity contribution in [1.82, 2.24) is 5.32 Å². The van der Waals surface area contributed by atoms with Crippen molar-refractivity contribution in [3.63, 3.8) is 0 Å². The first-order chi connectivity index (χ1) is 8.72. The Bertz CT molecular complexity index is 519.